The Morgan fingerprint density at radius 3 is 2.18 bits per heavy atom. The summed E-state index contributed by atoms with van der Waals surface area (Å²) < 4.78 is 11.2. The first-order valence-corrected chi connectivity index (χ1v) is 13.6. The Bertz CT molecular complexity index is 1110. The van der Waals surface area contributed by atoms with Gasteiger partial charge in [-0.1, -0.05) is 37.5 Å². The van der Waals surface area contributed by atoms with E-state index in [4.69, 9.17) is 9.47 Å². The van der Waals surface area contributed by atoms with Crippen LogP contribution in [0.1, 0.15) is 48.0 Å². The summed E-state index contributed by atoms with van der Waals surface area (Å²) in [6, 6.07) is 13.4. The lowest BCUT2D eigenvalue weighted by Crippen LogP contribution is -2.27. The molecule has 0 spiro atoms. The number of nitrogens with one attached hydrogen (secondary N) is 4. The summed E-state index contributed by atoms with van der Waals surface area (Å²) in [5.74, 6) is 1.48. The first kappa shape index (κ1) is 28.2. The van der Waals surface area contributed by atoms with E-state index in [1.807, 2.05) is 30.3 Å². The van der Waals surface area contributed by atoms with Crippen LogP contribution in [0.25, 0.3) is 0 Å². The Hall–Kier alpha value is -3.83. The van der Waals surface area contributed by atoms with Crippen molar-refractivity contribution in [3.05, 3.63) is 66.0 Å². The summed E-state index contributed by atoms with van der Waals surface area (Å²) in [4.78, 5) is 29.7. The molecule has 1 aliphatic carbocycles. The van der Waals surface area contributed by atoms with Crippen molar-refractivity contribution < 1.29 is 14.3 Å². The van der Waals surface area contributed by atoms with E-state index in [9.17, 15) is 4.79 Å². The van der Waals surface area contributed by atoms with Gasteiger partial charge in [0.05, 0.1) is 26.4 Å². The molecule has 0 aliphatic heterocycles. The molecule has 0 radical (unpaired) electrons. The van der Waals surface area contributed by atoms with E-state index in [0.717, 1.165) is 18.4 Å². The maximum atomic E-state index is 12.0. The molecule has 0 bridgehead atoms. The van der Waals surface area contributed by atoms with Crippen molar-refractivity contribution in [2.45, 2.75) is 44.7 Å². The first-order valence-electron chi connectivity index (χ1n) is 13.6. The monoisotopic (exact) mass is 534 g/mol. The number of benzene rings is 1. The largest absolute Gasteiger partial charge is 0.377 e. The molecular weight excluding hydrogens is 496 g/mol. The zero-order valence-corrected chi connectivity index (χ0v) is 22.3. The van der Waals surface area contributed by atoms with Crippen molar-refractivity contribution in [3.8, 4) is 0 Å². The van der Waals surface area contributed by atoms with Gasteiger partial charge in [0.1, 0.15) is 0 Å². The fourth-order valence-electron chi connectivity index (χ4n) is 4.20. The van der Waals surface area contributed by atoms with Gasteiger partial charge in [-0.25, -0.2) is 0 Å². The summed E-state index contributed by atoms with van der Waals surface area (Å²) in [5, 5.41) is 12.8. The van der Waals surface area contributed by atoms with Crippen LogP contribution < -0.4 is 21.3 Å². The number of rotatable bonds is 16. The molecule has 1 amide bonds. The molecule has 4 N–H and O–H groups in total. The quantitative estimate of drug-likeness (QED) is 0.202. The Morgan fingerprint density at radius 1 is 0.769 bits per heavy atom. The van der Waals surface area contributed by atoms with Gasteiger partial charge in [-0.05, 0) is 42.7 Å². The van der Waals surface area contributed by atoms with Crippen LogP contribution in [-0.2, 0) is 16.0 Å². The molecule has 1 saturated carbocycles. The molecule has 1 fully saturated rings. The number of carbonyl (C=O) groups excluding carboxylic acids is 1. The zero-order valence-electron chi connectivity index (χ0n) is 22.3. The van der Waals surface area contributed by atoms with Gasteiger partial charge >= 0.3 is 0 Å². The van der Waals surface area contributed by atoms with Crippen LogP contribution in [-0.4, -0.2) is 71.4 Å². The zero-order chi connectivity index (χ0) is 27.0. The fraction of sp³-hybridized carbons (Fsp3) is 0.464. The molecule has 208 valence electrons. The Kier molecular flexibility index (Phi) is 11.7. The van der Waals surface area contributed by atoms with E-state index in [-0.39, 0.29) is 5.91 Å². The smallest absolute Gasteiger partial charge is 0.251 e. The van der Waals surface area contributed by atoms with Crippen molar-refractivity contribution in [1.29, 1.82) is 0 Å². The van der Waals surface area contributed by atoms with E-state index >= 15 is 0 Å². The molecule has 0 atom stereocenters. The van der Waals surface area contributed by atoms with Gasteiger partial charge in [-0.3, -0.25) is 9.78 Å². The number of amides is 1. The Labute approximate surface area is 229 Å². The minimum atomic E-state index is -0.104. The van der Waals surface area contributed by atoms with E-state index in [2.05, 4.69) is 41.2 Å². The Morgan fingerprint density at radius 2 is 1.44 bits per heavy atom. The minimum Gasteiger partial charge on any atom is -0.377 e. The summed E-state index contributed by atoms with van der Waals surface area (Å²) in [6.07, 6.45) is 9.53. The molecule has 2 heterocycles. The van der Waals surface area contributed by atoms with Gasteiger partial charge in [0, 0.05) is 43.6 Å². The van der Waals surface area contributed by atoms with Crippen LogP contribution in [0.4, 0.5) is 17.8 Å². The number of hydrogen-bond donors (Lipinski definition) is 4. The third-order valence-corrected chi connectivity index (χ3v) is 6.24. The van der Waals surface area contributed by atoms with Gasteiger partial charge in [0.15, 0.2) is 0 Å². The molecule has 11 heteroatoms. The second-order valence-electron chi connectivity index (χ2n) is 9.27. The predicted molar refractivity (Wildman–Crippen MR) is 151 cm³/mol. The van der Waals surface area contributed by atoms with Gasteiger partial charge < -0.3 is 30.7 Å². The number of nitrogens with zero attached hydrogens (tertiary/aromatic N) is 4. The molecule has 4 rings (SSSR count). The summed E-state index contributed by atoms with van der Waals surface area (Å²) in [6.45, 7) is 3.40. The predicted octanol–water partition coefficient (Wildman–Crippen LogP) is 3.50. The van der Waals surface area contributed by atoms with Crippen LogP contribution in [0, 0.1) is 0 Å². The average Bonchev–Trinajstić information content (AvgIpc) is 2.98. The molecule has 0 unspecified atom stereocenters. The number of aromatic nitrogens is 4. The number of pyridine rings is 1. The van der Waals surface area contributed by atoms with Gasteiger partial charge in [-0.2, -0.15) is 15.0 Å². The third-order valence-electron chi connectivity index (χ3n) is 6.24. The lowest BCUT2D eigenvalue weighted by molar-refractivity contribution is 0.0519. The van der Waals surface area contributed by atoms with Crippen molar-refractivity contribution in [3.63, 3.8) is 0 Å². The average molecular weight is 535 g/mol. The maximum Gasteiger partial charge on any atom is 0.251 e. The van der Waals surface area contributed by atoms with Crippen LogP contribution >= 0.6 is 0 Å². The van der Waals surface area contributed by atoms with Crippen molar-refractivity contribution in [1.82, 2.24) is 25.3 Å². The highest BCUT2D eigenvalue weighted by Crippen LogP contribution is 2.21. The molecule has 11 nitrogen and oxygen atoms in total. The van der Waals surface area contributed by atoms with E-state index in [1.165, 1.54) is 19.3 Å². The van der Waals surface area contributed by atoms with Gasteiger partial charge in [0.25, 0.3) is 5.91 Å². The van der Waals surface area contributed by atoms with E-state index < -0.39 is 0 Å². The lowest BCUT2D eigenvalue weighted by Gasteiger charge is -2.23. The van der Waals surface area contributed by atoms with Gasteiger partial charge in [0.2, 0.25) is 17.8 Å². The van der Waals surface area contributed by atoms with Crippen molar-refractivity contribution in [2.75, 3.05) is 55.5 Å². The second kappa shape index (κ2) is 16.2. The Balaban J connectivity index is 1.15. The molecule has 1 aliphatic rings. The molecule has 0 saturated heterocycles. The first-order chi connectivity index (χ1) is 19.3. The topological polar surface area (TPSA) is 135 Å². The highest BCUT2D eigenvalue weighted by Gasteiger charge is 2.15. The van der Waals surface area contributed by atoms with Crippen LogP contribution in [0.3, 0.4) is 0 Å². The summed E-state index contributed by atoms with van der Waals surface area (Å²) in [7, 11) is 0. The molecular formula is C28H38N8O3. The number of carbonyl (C=O) groups is 1. The number of ether oxygens (including phenoxy) is 2. The molecule has 39 heavy (non-hydrogen) atoms. The highest BCUT2D eigenvalue weighted by molar-refractivity contribution is 5.94. The third kappa shape index (κ3) is 10.5. The van der Waals surface area contributed by atoms with Crippen molar-refractivity contribution >= 4 is 23.8 Å². The summed E-state index contributed by atoms with van der Waals surface area (Å²) >= 11 is 0. The van der Waals surface area contributed by atoms with E-state index in [1.54, 1.807) is 24.5 Å². The number of hydrogen-bond acceptors (Lipinski definition) is 10. The molecule has 1 aromatic carbocycles. The van der Waals surface area contributed by atoms with Crippen LogP contribution in [0.15, 0.2) is 54.9 Å². The van der Waals surface area contributed by atoms with Gasteiger partial charge in [-0.15, -0.1) is 0 Å². The lowest BCUT2D eigenvalue weighted by atomic mass is 9.96. The fourth-order valence-corrected chi connectivity index (χ4v) is 4.20. The number of anilines is 3. The molecule has 2 aromatic heterocycles. The molecule has 3 aromatic rings. The SMILES string of the molecule is O=C(NCCOCCOCCNc1nc(NCc2ccncc2)nc(NC2CCCCC2)n1)c1ccccc1. The van der Waals surface area contributed by atoms with Crippen molar-refractivity contribution in [2.24, 2.45) is 0 Å². The minimum absolute atomic E-state index is 0.104. The summed E-state index contributed by atoms with van der Waals surface area (Å²) in [5.41, 5.74) is 1.73. The van der Waals surface area contributed by atoms with E-state index in [0.29, 0.717) is 75.5 Å². The standard InChI is InChI=1S/C28H38N8O3/c37-25(23-7-3-1-4-8-23)30-15-17-38-19-20-39-18-16-31-26-34-27(32-21-22-11-13-29-14-12-22)36-28(35-26)33-24-9-5-2-6-10-24/h1,3-4,7-8,11-14,24H,2,5-6,9-10,15-21H2,(H,30,37)(H3,31,32,33,34,35,36). The van der Waals surface area contributed by atoms with Crippen LogP contribution in [0.5, 0.6) is 0 Å². The normalized spacial score (nSPS) is 13.5. The maximum absolute atomic E-state index is 12.0. The van der Waals surface area contributed by atoms with Crippen LogP contribution in [0.2, 0.25) is 0 Å². The highest BCUT2D eigenvalue weighted by atomic mass is 16.5. The second-order valence-corrected chi connectivity index (χ2v) is 9.27.